The van der Waals surface area contributed by atoms with E-state index in [1.54, 1.807) is 36.8 Å². The lowest BCUT2D eigenvalue weighted by Crippen LogP contribution is -1.91. The van der Waals surface area contributed by atoms with Crippen molar-refractivity contribution >= 4 is 12.4 Å². The zero-order chi connectivity index (χ0) is 16.5. The van der Waals surface area contributed by atoms with E-state index in [9.17, 15) is 0 Å². The molecule has 0 amide bonds. The minimum absolute atomic E-state index is 0.384. The first-order chi connectivity index (χ1) is 11.9. The van der Waals surface area contributed by atoms with Gasteiger partial charge in [0.25, 0.3) is 0 Å². The number of rotatable bonds is 8. The maximum absolute atomic E-state index is 5.22. The van der Waals surface area contributed by atoms with E-state index in [4.69, 9.17) is 18.5 Å². The normalized spacial score (nSPS) is 11.3. The Labute approximate surface area is 139 Å². The fourth-order valence-corrected chi connectivity index (χ4v) is 1.86. The van der Waals surface area contributed by atoms with Crippen LogP contribution in [0.15, 0.2) is 80.2 Å². The van der Waals surface area contributed by atoms with Crippen molar-refractivity contribution in [3.8, 4) is 0 Å². The van der Waals surface area contributed by atoms with Crippen molar-refractivity contribution in [2.24, 2.45) is 10.3 Å². The fraction of sp³-hybridized carbons (Fsp3) is 0.111. The predicted molar refractivity (Wildman–Crippen MR) is 88.6 cm³/mol. The molecule has 6 heteroatoms. The Morgan fingerprint density at radius 3 is 1.54 bits per heavy atom. The summed E-state index contributed by atoms with van der Waals surface area (Å²) in [6, 6.07) is 15.0. The Bertz CT molecular complexity index is 693. The number of hydrogen-bond donors (Lipinski definition) is 0. The second kappa shape index (κ2) is 8.38. The molecule has 3 aromatic rings. The van der Waals surface area contributed by atoms with Gasteiger partial charge in [-0.05, 0) is 35.4 Å². The van der Waals surface area contributed by atoms with Crippen molar-refractivity contribution in [3.63, 3.8) is 0 Å². The molecule has 122 valence electrons. The van der Waals surface area contributed by atoms with Gasteiger partial charge in [0, 0.05) is 0 Å². The molecule has 0 aliphatic rings. The maximum Gasteiger partial charge on any atom is 0.148 e. The van der Waals surface area contributed by atoms with Crippen molar-refractivity contribution in [2.75, 3.05) is 0 Å². The lowest BCUT2D eigenvalue weighted by Gasteiger charge is -2.02. The fourth-order valence-electron chi connectivity index (χ4n) is 1.86. The smallest absolute Gasteiger partial charge is 0.148 e. The Morgan fingerprint density at radius 2 is 1.17 bits per heavy atom. The molecule has 3 rings (SSSR count). The summed E-state index contributed by atoms with van der Waals surface area (Å²) in [5.41, 5.74) is 2.02. The van der Waals surface area contributed by atoms with Crippen LogP contribution >= 0.6 is 0 Å². The van der Waals surface area contributed by atoms with E-state index < -0.39 is 0 Å². The summed E-state index contributed by atoms with van der Waals surface area (Å²) in [4.78, 5) is 10.4. The van der Waals surface area contributed by atoms with Crippen molar-refractivity contribution in [1.82, 2.24) is 0 Å². The van der Waals surface area contributed by atoms with Crippen LogP contribution < -0.4 is 0 Å². The third kappa shape index (κ3) is 4.88. The van der Waals surface area contributed by atoms with Gasteiger partial charge < -0.3 is 18.5 Å². The van der Waals surface area contributed by atoms with Crippen LogP contribution in [0.25, 0.3) is 0 Å². The Kier molecular flexibility index (Phi) is 5.45. The second-order valence-electron chi connectivity index (χ2n) is 4.86. The van der Waals surface area contributed by atoms with Gasteiger partial charge in [0.05, 0.1) is 12.5 Å². The number of furan rings is 2. The first-order valence-electron chi connectivity index (χ1n) is 7.36. The highest BCUT2D eigenvalue weighted by Gasteiger charge is 1.97. The number of oxime groups is 2. The molecule has 0 saturated heterocycles. The summed E-state index contributed by atoms with van der Waals surface area (Å²) in [7, 11) is 0. The molecule has 0 spiro atoms. The van der Waals surface area contributed by atoms with E-state index in [0.29, 0.717) is 24.7 Å². The SMILES string of the molecule is C(=N\OCc1ccc(CO/N=C/c2ccco2)cc1)/c1ccco1. The van der Waals surface area contributed by atoms with Crippen LogP contribution in [0, 0.1) is 0 Å². The third-order valence-electron chi connectivity index (χ3n) is 3.08. The molecule has 0 saturated carbocycles. The van der Waals surface area contributed by atoms with E-state index in [-0.39, 0.29) is 0 Å². The van der Waals surface area contributed by atoms with Crippen LogP contribution in [-0.2, 0) is 22.9 Å². The second-order valence-corrected chi connectivity index (χ2v) is 4.86. The molecule has 0 bridgehead atoms. The van der Waals surface area contributed by atoms with Crippen LogP contribution in [0.4, 0.5) is 0 Å². The van der Waals surface area contributed by atoms with Gasteiger partial charge in [0.15, 0.2) is 0 Å². The van der Waals surface area contributed by atoms with Crippen LogP contribution in [0.5, 0.6) is 0 Å². The molecule has 2 aromatic heterocycles. The van der Waals surface area contributed by atoms with Gasteiger partial charge in [-0.3, -0.25) is 0 Å². The van der Waals surface area contributed by atoms with Gasteiger partial charge in [-0.2, -0.15) is 0 Å². The molecule has 0 fully saturated rings. The third-order valence-corrected chi connectivity index (χ3v) is 3.08. The van der Waals surface area contributed by atoms with Crippen molar-refractivity contribution in [3.05, 3.63) is 83.7 Å². The van der Waals surface area contributed by atoms with Crippen molar-refractivity contribution < 1.29 is 18.5 Å². The highest BCUT2D eigenvalue weighted by Crippen LogP contribution is 2.08. The summed E-state index contributed by atoms with van der Waals surface area (Å²) >= 11 is 0. The predicted octanol–water partition coefficient (Wildman–Crippen LogP) is 3.97. The Hall–Kier alpha value is -3.28. The van der Waals surface area contributed by atoms with Crippen LogP contribution in [0.1, 0.15) is 22.6 Å². The van der Waals surface area contributed by atoms with E-state index in [0.717, 1.165) is 11.1 Å². The Morgan fingerprint density at radius 1 is 0.708 bits per heavy atom. The highest BCUT2D eigenvalue weighted by atomic mass is 16.6. The van der Waals surface area contributed by atoms with E-state index >= 15 is 0 Å². The van der Waals surface area contributed by atoms with Crippen LogP contribution in [-0.4, -0.2) is 12.4 Å². The van der Waals surface area contributed by atoms with Gasteiger partial charge in [0.1, 0.15) is 37.2 Å². The van der Waals surface area contributed by atoms with E-state index in [1.165, 1.54) is 12.4 Å². The van der Waals surface area contributed by atoms with Crippen molar-refractivity contribution in [1.29, 1.82) is 0 Å². The van der Waals surface area contributed by atoms with Gasteiger partial charge in [0.2, 0.25) is 0 Å². The number of nitrogens with zero attached hydrogens (tertiary/aromatic N) is 2. The lowest BCUT2D eigenvalue weighted by molar-refractivity contribution is 0.129. The molecular formula is C18H16N2O4. The average molecular weight is 324 g/mol. The molecule has 0 unspecified atom stereocenters. The number of hydrogen-bond acceptors (Lipinski definition) is 6. The topological polar surface area (TPSA) is 69.5 Å². The number of benzene rings is 1. The quantitative estimate of drug-likeness (QED) is 0.464. The minimum atomic E-state index is 0.384. The summed E-state index contributed by atoms with van der Waals surface area (Å²) < 4.78 is 10.2. The average Bonchev–Trinajstić information content (AvgIpc) is 3.30. The summed E-state index contributed by atoms with van der Waals surface area (Å²) in [5.74, 6) is 1.30. The largest absolute Gasteiger partial charge is 0.463 e. The summed E-state index contributed by atoms with van der Waals surface area (Å²) in [6.45, 7) is 0.768. The van der Waals surface area contributed by atoms with Gasteiger partial charge in [-0.15, -0.1) is 0 Å². The molecule has 2 heterocycles. The highest BCUT2D eigenvalue weighted by molar-refractivity contribution is 5.75. The molecular weight excluding hydrogens is 308 g/mol. The minimum Gasteiger partial charge on any atom is -0.463 e. The zero-order valence-corrected chi connectivity index (χ0v) is 12.9. The molecule has 0 atom stereocenters. The molecule has 0 aliphatic heterocycles. The van der Waals surface area contributed by atoms with Crippen molar-refractivity contribution in [2.45, 2.75) is 13.2 Å². The van der Waals surface area contributed by atoms with Crippen LogP contribution in [0.2, 0.25) is 0 Å². The monoisotopic (exact) mass is 324 g/mol. The lowest BCUT2D eigenvalue weighted by atomic mass is 10.1. The van der Waals surface area contributed by atoms with Gasteiger partial charge >= 0.3 is 0 Å². The molecule has 6 nitrogen and oxygen atoms in total. The molecule has 24 heavy (non-hydrogen) atoms. The van der Waals surface area contributed by atoms with E-state index in [1.807, 2.05) is 24.3 Å². The van der Waals surface area contributed by atoms with Gasteiger partial charge in [-0.1, -0.05) is 34.6 Å². The maximum atomic E-state index is 5.22. The standard InChI is InChI=1S/C18H16N2O4/c1-3-17(21-9-1)11-19-23-13-15-5-7-16(8-6-15)14-24-20-12-18-4-2-10-22-18/h1-12H,13-14H2/b19-11+,20-12+. The van der Waals surface area contributed by atoms with Gasteiger partial charge in [-0.25, -0.2) is 0 Å². The molecule has 0 radical (unpaired) electrons. The molecule has 0 aliphatic carbocycles. The first-order valence-corrected chi connectivity index (χ1v) is 7.36. The van der Waals surface area contributed by atoms with E-state index in [2.05, 4.69) is 10.3 Å². The van der Waals surface area contributed by atoms with Crippen LogP contribution in [0.3, 0.4) is 0 Å². The molecule has 0 N–H and O–H groups in total. The Balaban J connectivity index is 1.40. The zero-order valence-electron chi connectivity index (χ0n) is 12.9. The molecule has 1 aromatic carbocycles. The summed E-state index contributed by atoms with van der Waals surface area (Å²) in [5, 5.41) is 7.69. The first kappa shape index (κ1) is 15.6. The summed E-state index contributed by atoms with van der Waals surface area (Å²) in [6.07, 6.45) is 6.22.